The number of nitrogens with one attached hydrogen (secondary N) is 1. The molecule has 1 fully saturated rings. The van der Waals surface area contributed by atoms with E-state index in [2.05, 4.69) is 50.6 Å². The van der Waals surface area contributed by atoms with Gasteiger partial charge in [-0.25, -0.2) is 0 Å². The Hall–Kier alpha value is -2.96. The molecule has 0 unspecified atom stereocenters. The van der Waals surface area contributed by atoms with Gasteiger partial charge in [0.15, 0.2) is 0 Å². The van der Waals surface area contributed by atoms with Crippen LogP contribution in [0.5, 0.6) is 0 Å². The van der Waals surface area contributed by atoms with E-state index in [1.54, 1.807) is 17.5 Å². The van der Waals surface area contributed by atoms with Crippen molar-refractivity contribution < 1.29 is 4.79 Å². The van der Waals surface area contributed by atoms with Crippen LogP contribution in [-0.2, 0) is 6.54 Å². The number of H-pyrrole nitrogens is 1. The summed E-state index contributed by atoms with van der Waals surface area (Å²) in [4.78, 5) is 26.4. The zero-order valence-electron chi connectivity index (χ0n) is 18.2. The van der Waals surface area contributed by atoms with Crippen LogP contribution in [-0.4, -0.2) is 51.9 Å². The summed E-state index contributed by atoms with van der Waals surface area (Å²) in [5.41, 5.74) is 4.07. The van der Waals surface area contributed by atoms with Crippen molar-refractivity contribution in [2.45, 2.75) is 25.8 Å². The fourth-order valence-corrected chi connectivity index (χ4v) is 5.34. The average molecular weight is 445 g/mol. The number of rotatable bonds is 8. The number of pyridine rings is 1. The third-order valence-electron chi connectivity index (χ3n) is 6.16. The fraction of sp³-hybridized carbons (Fsp3) is 0.308. The van der Waals surface area contributed by atoms with E-state index in [0.717, 1.165) is 25.0 Å². The number of amides is 1. The first-order valence-electron chi connectivity index (χ1n) is 11.3. The van der Waals surface area contributed by atoms with Crippen molar-refractivity contribution in [1.82, 2.24) is 19.8 Å². The number of fused-ring (bicyclic) bond motifs is 1. The van der Waals surface area contributed by atoms with Gasteiger partial charge in [0.25, 0.3) is 5.91 Å². The Kier molecular flexibility index (Phi) is 6.32. The van der Waals surface area contributed by atoms with E-state index in [0.29, 0.717) is 12.2 Å². The lowest BCUT2D eigenvalue weighted by Crippen LogP contribution is -2.33. The van der Waals surface area contributed by atoms with Gasteiger partial charge < -0.3 is 14.8 Å². The highest BCUT2D eigenvalue weighted by Crippen LogP contribution is 2.29. The number of nitrogens with zero attached hydrogens (tertiary/aromatic N) is 3. The van der Waals surface area contributed by atoms with Crippen molar-refractivity contribution in [2.24, 2.45) is 0 Å². The first-order valence-corrected chi connectivity index (χ1v) is 12.2. The third kappa shape index (κ3) is 4.76. The first-order chi connectivity index (χ1) is 15.8. The second-order valence-corrected chi connectivity index (χ2v) is 9.42. The second kappa shape index (κ2) is 9.67. The highest BCUT2D eigenvalue weighted by Gasteiger charge is 2.19. The standard InChI is InChI=1S/C26H28N4OS/c31-26(25-6-1-2-10-27-25)30(15-5-14-29-12-3-4-13-29)18-23-17-22(19-32-23)20-7-8-24-21(16-20)9-11-28-24/h1-2,6-11,16-17,19,28H,3-5,12-15,18H2. The van der Waals surface area contributed by atoms with Gasteiger partial charge in [-0.15, -0.1) is 11.3 Å². The van der Waals surface area contributed by atoms with Crippen LogP contribution >= 0.6 is 11.3 Å². The molecule has 0 aliphatic carbocycles. The summed E-state index contributed by atoms with van der Waals surface area (Å²) in [6.45, 7) is 4.79. The number of hydrogen-bond acceptors (Lipinski definition) is 4. The predicted molar refractivity (Wildman–Crippen MR) is 131 cm³/mol. The zero-order valence-corrected chi connectivity index (χ0v) is 19.0. The van der Waals surface area contributed by atoms with Crippen LogP contribution < -0.4 is 0 Å². The molecule has 164 valence electrons. The Bertz CT molecular complexity index is 1180. The predicted octanol–water partition coefficient (Wildman–Crippen LogP) is 5.42. The molecular weight excluding hydrogens is 416 g/mol. The summed E-state index contributed by atoms with van der Waals surface area (Å²) in [5.74, 6) is 0.00992. The smallest absolute Gasteiger partial charge is 0.272 e. The van der Waals surface area contributed by atoms with Crippen molar-refractivity contribution in [3.05, 3.63) is 76.9 Å². The molecule has 0 bridgehead atoms. The lowest BCUT2D eigenvalue weighted by atomic mass is 10.1. The van der Waals surface area contributed by atoms with Gasteiger partial charge in [0.1, 0.15) is 5.69 Å². The van der Waals surface area contributed by atoms with Crippen LogP contribution in [0.1, 0.15) is 34.6 Å². The van der Waals surface area contributed by atoms with E-state index in [9.17, 15) is 4.79 Å². The summed E-state index contributed by atoms with van der Waals surface area (Å²) in [7, 11) is 0. The lowest BCUT2D eigenvalue weighted by molar-refractivity contribution is 0.0732. The van der Waals surface area contributed by atoms with Gasteiger partial charge >= 0.3 is 0 Å². The van der Waals surface area contributed by atoms with Crippen LogP contribution in [0.25, 0.3) is 22.0 Å². The second-order valence-electron chi connectivity index (χ2n) is 8.43. The van der Waals surface area contributed by atoms with Crippen LogP contribution in [0.2, 0.25) is 0 Å². The molecule has 1 N–H and O–H groups in total. The molecule has 4 aromatic rings. The lowest BCUT2D eigenvalue weighted by Gasteiger charge is -2.23. The summed E-state index contributed by atoms with van der Waals surface area (Å²) in [6.07, 6.45) is 7.24. The van der Waals surface area contributed by atoms with Gasteiger partial charge in [0.2, 0.25) is 0 Å². The number of aromatic nitrogens is 2. The van der Waals surface area contributed by atoms with Crippen LogP contribution in [0.3, 0.4) is 0 Å². The van der Waals surface area contributed by atoms with Crippen molar-refractivity contribution in [2.75, 3.05) is 26.2 Å². The van der Waals surface area contributed by atoms with Crippen molar-refractivity contribution >= 4 is 28.1 Å². The van der Waals surface area contributed by atoms with E-state index < -0.39 is 0 Å². The molecule has 0 radical (unpaired) electrons. The van der Waals surface area contributed by atoms with Gasteiger partial charge in [-0.2, -0.15) is 0 Å². The Balaban J connectivity index is 1.31. The maximum Gasteiger partial charge on any atom is 0.272 e. The molecule has 5 nitrogen and oxygen atoms in total. The molecule has 1 aromatic carbocycles. The highest BCUT2D eigenvalue weighted by atomic mass is 32.1. The van der Waals surface area contributed by atoms with Crippen LogP contribution in [0, 0.1) is 0 Å². The largest absolute Gasteiger partial charge is 0.361 e. The Morgan fingerprint density at radius 1 is 1.09 bits per heavy atom. The number of thiophene rings is 1. The number of aromatic amines is 1. The molecule has 6 heteroatoms. The SMILES string of the molecule is O=C(c1ccccn1)N(CCCN1CCCC1)Cc1cc(-c2ccc3[nH]ccc3c2)cs1. The van der Waals surface area contributed by atoms with E-state index >= 15 is 0 Å². The van der Waals surface area contributed by atoms with Gasteiger partial charge in [-0.3, -0.25) is 9.78 Å². The van der Waals surface area contributed by atoms with E-state index in [1.807, 2.05) is 29.3 Å². The summed E-state index contributed by atoms with van der Waals surface area (Å²) >= 11 is 1.72. The molecule has 32 heavy (non-hydrogen) atoms. The minimum Gasteiger partial charge on any atom is -0.361 e. The summed E-state index contributed by atoms with van der Waals surface area (Å²) < 4.78 is 0. The fourth-order valence-electron chi connectivity index (χ4n) is 4.43. The summed E-state index contributed by atoms with van der Waals surface area (Å²) in [6, 6.07) is 16.3. The average Bonchev–Trinajstić information content (AvgIpc) is 3.60. The molecule has 0 atom stereocenters. The molecule has 5 rings (SSSR count). The molecule has 1 aliphatic rings. The maximum absolute atomic E-state index is 13.2. The van der Waals surface area contributed by atoms with Gasteiger partial charge in [0.05, 0.1) is 6.54 Å². The van der Waals surface area contributed by atoms with Crippen molar-refractivity contribution in [1.29, 1.82) is 0 Å². The first kappa shape index (κ1) is 20.9. The normalized spacial score (nSPS) is 14.2. The number of benzene rings is 1. The third-order valence-corrected chi connectivity index (χ3v) is 7.08. The molecule has 1 saturated heterocycles. The number of carbonyl (C=O) groups excluding carboxylic acids is 1. The van der Waals surface area contributed by atoms with Crippen LogP contribution in [0.4, 0.5) is 0 Å². The topological polar surface area (TPSA) is 52.2 Å². The molecule has 4 heterocycles. The molecular formula is C26H28N4OS. The van der Waals surface area contributed by atoms with Gasteiger partial charge in [0, 0.05) is 29.3 Å². The van der Waals surface area contributed by atoms with E-state index in [4.69, 9.17) is 0 Å². The quantitative estimate of drug-likeness (QED) is 0.395. The molecule has 3 aromatic heterocycles. The number of likely N-dealkylation sites (tertiary alicyclic amines) is 1. The summed E-state index contributed by atoms with van der Waals surface area (Å²) in [5, 5.41) is 3.40. The highest BCUT2D eigenvalue weighted by molar-refractivity contribution is 7.10. The van der Waals surface area contributed by atoms with E-state index in [1.165, 1.54) is 47.3 Å². The minimum absolute atomic E-state index is 0.00992. The van der Waals surface area contributed by atoms with E-state index in [-0.39, 0.29) is 5.91 Å². The van der Waals surface area contributed by atoms with Crippen LogP contribution in [0.15, 0.2) is 66.3 Å². The van der Waals surface area contributed by atoms with Crippen molar-refractivity contribution in [3.8, 4) is 11.1 Å². The zero-order chi connectivity index (χ0) is 21.8. The Morgan fingerprint density at radius 3 is 2.84 bits per heavy atom. The molecule has 0 spiro atoms. The molecule has 0 saturated carbocycles. The Labute approximate surface area is 192 Å². The molecule has 1 aliphatic heterocycles. The van der Waals surface area contributed by atoms with Gasteiger partial charge in [-0.05, 0) is 97.2 Å². The minimum atomic E-state index is 0.00992. The maximum atomic E-state index is 13.2. The Morgan fingerprint density at radius 2 is 2.00 bits per heavy atom. The van der Waals surface area contributed by atoms with Gasteiger partial charge in [-0.1, -0.05) is 12.1 Å². The number of carbonyl (C=O) groups is 1. The monoisotopic (exact) mass is 444 g/mol. The van der Waals surface area contributed by atoms with Crippen molar-refractivity contribution in [3.63, 3.8) is 0 Å². The molecule has 1 amide bonds. The number of hydrogen-bond donors (Lipinski definition) is 1.